The van der Waals surface area contributed by atoms with Crippen molar-refractivity contribution >= 4 is 27.5 Å². The second-order valence-electron chi connectivity index (χ2n) is 7.56. The number of benzene rings is 1. The first-order chi connectivity index (χ1) is 14.9. The van der Waals surface area contributed by atoms with Crippen LogP contribution in [0, 0.1) is 13.8 Å². The number of furan rings is 1. The number of carbonyl (C=O) groups is 1. The molecule has 0 spiro atoms. The normalized spacial score (nSPS) is 11.2. The van der Waals surface area contributed by atoms with E-state index in [4.69, 9.17) is 14.1 Å². The van der Waals surface area contributed by atoms with Crippen molar-refractivity contribution in [2.24, 2.45) is 0 Å². The van der Waals surface area contributed by atoms with Crippen LogP contribution in [0.4, 0.5) is 0 Å². The van der Waals surface area contributed by atoms with E-state index in [-0.39, 0.29) is 17.9 Å². The highest BCUT2D eigenvalue weighted by Crippen LogP contribution is 2.32. The Kier molecular flexibility index (Phi) is 5.78. The maximum absolute atomic E-state index is 13.6. The lowest BCUT2D eigenvalue weighted by molar-refractivity contribution is 0.0563. The second kappa shape index (κ2) is 8.51. The van der Waals surface area contributed by atoms with Gasteiger partial charge in [0.05, 0.1) is 19.0 Å². The van der Waals surface area contributed by atoms with Crippen molar-refractivity contribution in [2.75, 3.05) is 7.11 Å². The predicted octanol–water partition coefficient (Wildman–Crippen LogP) is 5.12. The van der Waals surface area contributed by atoms with Gasteiger partial charge in [-0.15, -0.1) is 11.3 Å². The molecule has 0 saturated heterocycles. The third-order valence-corrected chi connectivity index (χ3v) is 6.30. The fourth-order valence-electron chi connectivity index (χ4n) is 3.59. The van der Waals surface area contributed by atoms with Gasteiger partial charge in [-0.1, -0.05) is 25.1 Å². The Hall–Kier alpha value is -3.19. The minimum absolute atomic E-state index is 0.0982. The van der Waals surface area contributed by atoms with Crippen LogP contribution in [0.25, 0.3) is 21.3 Å². The molecule has 0 aliphatic heterocycles. The summed E-state index contributed by atoms with van der Waals surface area (Å²) >= 11 is 1.49. The van der Waals surface area contributed by atoms with E-state index in [9.17, 15) is 9.59 Å². The molecule has 0 saturated carbocycles. The summed E-state index contributed by atoms with van der Waals surface area (Å²) in [6.07, 6.45) is 1.53. The van der Waals surface area contributed by atoms with Crippen molar-refractivity contribution in [1.29, 1.82) is 0 Å². The Morgan fingerprint density at radius 3 is 2.71 bits per heavy atom. The molecule has 0 aliphatic carbocycles. The van der Waals surface area contributed by atoms with E-state index < -0.39 is 5.97 Å². The molecule has 0 aliphatic rings. The molecule has 7 heteroatoms. The quantitative estimate of drug-likeness (QED) is 0.392. The lowest BCUT2D eigenvalue weighted by Gasteiger charge is -2.11. The zero-order chi connectivity index (χ0) is 22.1. The Morgan fingerprint density at radius 2 is 2.00 bits per heavy atom. The average Bonchev–Trinajstić information content (AvgIpc) is 3.40. The maximum atomic E-state index is 13.6. The van der Waals surface area contributed by atoms with Crippen LogP contribution in [0.2, 0.25) is 0 Å². The molecule has 3 heterocycles. The minimum atomic E-state index is -0.546. The van der Waals surface area contributed by atoms with Crippen LogP contribution in [0.15, 0.2) is 44.9 Å². The number of hydrogen-bond donors (Lipinski definition) is 0. The molecule has 1 aromatic carbocycles. The van der Waals surface area contributed by atoms with Gasteiger partial charge in [0.1, 0.15) is 16.4 Å². The summed E-state index contributed by atoms with van der Waals surface area (Å²) in [5.41, 5.74) is 4.20. The van der Waals surface area contributed by atoms with E-state index >= 15 is 0 Å². The van der Waals surface area contributed by atoms with Crippen molar-refractivity contribution in [3.05, 3.63) is 74.5 Å². The molecule has 3 aromatic heterocycles. The number of rotatable bonds is 6. The predicted molar refractivity (Wildman–Crippen MR) is 122 cm³/mol. The van der Waals surface area contributed by atoms with Gasteiger partial charge >= 0.3 is 5.97 Å². The van der Waals surface area contributed by atoms with Crippen molar-refractivity contribution in [2.45, 2.75) is 40.2 Å². The average molecular weight is 437 g/mol. The van der Waals surface area contributed by atoms with Gasteiger partial charge in [-0.25, -0.2) is 9.78 Å². The number of thiophene rings is 1. The number of carbonyl (C=O) groups excluding carboxylic acids is 1. The van der Waals surface area contributed by atoms with Gasteiger partial charge in [-0.3, -0.25) is 9.36 Å². The molecular formula is C24H24N2O4S. The molecule has 4 aromatic rings. The Bertz CT molecular complexity index is 1330. The highest BCUT2D eigenvalue weighted by atomic mass is 32.1. The summed E-state index contributed by atoms with van der Waals surface area (Å²) in [7, 11) is 1.30. The largest absolute Gasteiger partial charge is 0.463 e. The Morgan fingerprint density at radius 1 is 1.19 bits per heavy atom. The topological polar surface area (TPSA) is 74.3 Å². The van der Waals surface area contributed by atoms with Crippen molar-refractivity contribution in [1.82, 2.24) is 9.55 Å². The van der Waals surface area contributed by atoms with E-state index in [0.717, 1.165) is 22.4 Å². The molecule has 0 radical (unpaired) electrons. The molecule has 160 valence electrons. The number of hydrogen-bond acceptors (Lipinski definition) is 6. The maximum Gasteiger partial charge on any atom is 0.373 e. The first kappa shape index (κ1) is 21.1. The van der Waals surface area contributed by atoms with Gasteiger partial charge in [0.2, 0.25) is 5.76 Å². The van der Waals surface area contributed by atoms with E-state index in [2.05, 4.69) is 32.9 Å². The standard InChI is InChI=1S/C24H24N2O4S/c1-5-6-20-25-22-21(18(13-31-22)16-8-7-14(2)15(3)11-16)23(27)26(20)12-17-9-10-19(30-17)24(28)29-4/h7-11,13H,5-6,12H2,1-4H3. The highest BCUT2D eigenvalue weighted by molar-refractivity contribution is 7.17. The number of ether oxygens (including phenoxy) is 1. The fourth-order valence-corrected chi connectivity index (χ4v) is 4.55. The molecular weight excluding hydrogens is 412 g/mol. The van der Waals surface area contributed by atoms with E-state index in [0.29, 0.717) is 23.4 Å². The van der Waals surface area contributed by atoms with E-state index in [1.54, 1.807) is 16.7 Å². The van der Waals surface area contributed by atoms with Gasteiger partial charge in [-0.05, 0) is 49.1 Å². The molecule has 0 fully saturated rings. The molecule has 6 nitrogen and oxygen atoms in total. The molecule has 0 atom stereocenters. The molecule has 31 heavy (non-hydrogen) atoms. The fraction of sp³-hybridized carbons (Fsp3) is 0.292. The molecule has 0 N–H and O–H groups in total. The van der Waals surface area contributed by atoms with Gasteiger partial charge in [-0.2, -0.15) is 0 Å². The van der Waals surface area contributed by atoms with E-state index in [1.807, 2.05) is 11.4 Å². The summed E-state index contributed by atoms with van der Waals surface area (Å²) in [6.45, 7) is 6.40. The van der Waals surface area contributed by atoms with Crippen LogP contribution in [0.3, 0.4) is 0 Å². The zero-order valence-corrected chi connectivity index (χ0v) is 18.8. The number of fused-ring (bicyclic) bond motifs is 1. The number of aromatic nitrogens is 2. The summed E-state index contributed by atoms with van der Waals surface area (Å²) in [5.74, 6) is 0.785. The highest BCUT2D eigenvalue weighted by Gasteiger charge is 2.19. The molecule has 0 bridgehead atoms. The lowest BCUT2D eigenvalue weighted by atomic mass is 10.0. The Balaban J connectivity index is 1.85. The van der Waals surface area contributed by atoms with Gasteiger partial charge < -0.3 is 9.15 Å². The van der Waals surface area contributed by atoms with Crippen molar-refractivity contribution in [3.63, 3.8) is 0 Å². The van der Waals surface area contributed by atoms with Crippen LogP contribution in [-0.4, -0.2) is 22.6 Å². The van der Waals surface area contributed by atoms with Crippen molar-refractivity contribution in [3.8, 4) is 11.1 Å². The van der Waals surface area contributed by atoms with Crippen LogP contribution < -0.4 is 5.56 Å². The van der Waals surface area contributed by atoms with Crippen LogP contribution in [-0.2, 0) is 17.7 Å². The smallest absolute Gasteiger partial charge is 0.373 e. The van der Waals surface area contributed by atoms with Crippen LogP contribution >= 0.6 is 11.3 Å². The number of esters is 1. The molecule has 4 rings (SSSR count). The number of nitrogens with zero attached hydrogens (tertiary/aromatic N) is 2. The van der Waals surface area contributed by atoms with Crippen molar-refractivity contribution < 1.29 is 13.9 Å². The SMILES string of the molecule is CCCc1nc2scc(-c3ccc(C)c(C)c3)c2c(=O)n1Cc1ccc(C(=O)OC)o1. The number of aryl methyl sites for hydroxylation is 3. The van der Waals surface area contributed by atoms with Crippen LogP contribution in [0.5, 0.6) is 0 Å². The summed E-state index contributed by atoms with van der Waals surface area (Å²) in [6, 6.07) is 9.47. The van der Waals surface area contributed by atoms with Crippen LogP contribution in [0.1, 0.15) is 46.6 Å². The first-order valence-corrected chi connectivity index (χ1v) is 11.1. The third kappa shape index (κ3) is 3.93. The van der Waals surface area contributed by atoms with Gasteiger partial charge in [0, 0.05) is 17.4 Å². The molecule has 0 amide bonds. The molecule has 0 unspecified atom stereocenters. The Labute approximate surface area is 184 Å². The third-order valence-electron chi connectivity index (χ3n) is 5.43. The summed E-state index contributed by atoms with van der Waals surface area (Å²) < 4.78 is 12.0. The van der Waals surface area contributed by atoms with E-state index in [1.165, 1.54) is 29.6 Å². The van der Waals surface area contributed by atoms with Gasteiger partial charge in [0.25, 0.3) is 5.56 Å². The zero-order valence-electron chi connectivity index (χ0n) is 18.0. The summed E-state index contributed by atoms with van der Waals surface area (Å²) in [4.78, 5) is 30.9. The lowest BCUT2D eigenvalue weighted by Crippen LogP contribution is -2.25. The second-order valence-corrected chi connectivity index (χ2v) is 8.41. The first-order valence-electron chi connectivity index (χ1n) is 10.2. The van der Waals surface area contributed by atoms with Gasteiger partial charge in [0.15, 0.2) is 0 Å². The minimum Gasteiger partial charge on any atom is -0.463 e. The number of methoxy groups -OCH3 is 1. The monoisotopic (exact) mass is 436 g/mol. The summed E-state index contributed by atoms with van der Waals surface area (Å²) in [5, 5.41) is 2.62.